The summed E-state index contributed by atoms with van der Waals surface area (Å²) in [5, 5.41) is 7.84. The van der Waals surface area contributed by atoms with Crippen molar-refractivity contribution in [2.24, 2.45) is 11.8 Å². The van der Waals surface area contributed by atoms with Gasteiger partial charge in [0.2, 0.25) is 5.91 Å². The smallest absolute Gasteiger partial charge is 0.251 e. The molecule has 0 radical (unpaired) electrons. The maximum absolute atomic E-state index is 12.2. The highest BCUT2D eigenvalue weighted by Crippen LogP contribution is 2.38. The predicted molar refractivity (Wildman–Crippen MR) is 92.7 cm³/mol. The Balaban J connectivity index is 1.53. The van der Waals surface area contributed by atoms with Crippen molar-refractivity contribution in [1.82, 2.24) is 5.32 Å². The lowest BCUT2D eigenvalue weighted by Crippen LogP contribution is -2.25. The molecule has 1 fully saturated rings. The van der Waals surface area contributed by atoms with Gasteiger partial charge < -0.3 is 10.6 Å². The molecule has 2 unspecified atom stereocenters. The number of carbonyl (C=O) groups excluding carboxylic acids is 2. The van der Waals surface area contributed by atoms with Crippen molar-refractivity contribution in [3.63, 3.8) is 0 Å². The molecule has 1 aromatic heterocycles. The Labute approximate surface area is 139 Å². The molecule has 2 amide bonds. The van der Waals surface area contributed by atoms with Gasteiger partial charge in [-0.15, -0.1) is 11.3 Å². The van der Waals surface area contributed by atoms with E-state index >= 15 is 0 Å². The van der Waals surface area contributed by atoms with Crippen LogP contribution in [0.15, 0.2) is 41.8 Å². The van der Waals surface area contributed by atoms with Gasteiger partial charge in [0.15, 0.2) is 0 Å². The van der Waals surface area contributed by atoms with Crippen LogP contribution in [0.1, 0.15) is 28.6 Å². The van der Waals surface area contributed by atoms with Gasteiger partial charge in [0.25, 0.3) is 5.91 Å². The number of hydrogen-bond acceptors (Lipinski definition) is 3. The zero-order valence-electron chi connectivity index (χ0n) is 13.0. The molecule has 120 valence electrons. The van der Waals surface area contributed by atoms with Gasteiger partial charge in [-0.25, -0.2) is 0 Å². The molecule has 1 aliphatic carbocycles. The molecule has 1 saturated carbocycles. The Morgan fingerprint density at radius 1 is 1.26 bits per heavy atom. The summed E-state index contributed by atoms with van der Waals surface area (Å²) < 4.78 is 0. The highest BCUT2D eigenvalue weighted by molar-refractivity contribution is 7.09. The van der Waals surface area contributed by atoms with Gasteiger partial charge in [0.1, 0.15) is 0 Å². The second kappa shape index (κ2) is 6.96. The first kappa shape index (κ1) is 15.7. The van der Waals surface area contributed by atoms with Gasteiger partial charge >= 0.3 is 0 Å². The van der Waals surface area contributed by atoms with E-state index in [1.807, 2.05) is 17.5 Å². The lowest BCUT2D eigenvalue weighted by atomic mass is 10.1. The topological polar surface area (TPSA) is 58.2 Å². The van der Waals surface area contributed by atoms with Crippen LogP contribution in [0, 0.1) is 11.8 Å². The van der Waals surface area contributed by atoms with E-state index in [4.69, 9.17) is 0 Å². The third kappa shape index (κ3) is 4.20. The van der Waals surface area contributed by atoms with E-state index in [0.717, 1.165) is 12.8 Å². The minimum absolute atomic E-state index is 0.0488. The Hall–Kier alpha value is -2.14. The Kier molecular flexibility index (Phi) is 4.76. The molecule has 1 aliphatic rings. The molecule has 1 heterocycles. The van der Waals surface area contributed by atoms with Gasteiger partial charge in [0.05, 0.1) is 0 Å². The number of thiophene rings is 1. The lowest BCUT2D eigenvalue weighted by Gasteiger charge is -2.08. The monoisotopic (exact) mass is 328 g/mol. The van der Waals surface area contributed by atoms with Crippen molar-refractivity contribution in [1.29, 1.82) is 0 Å². The molecule has 1 aromatic carbocycles. The SMILES string of the molecule is CC1CC1C(=O)Nc1cccc(C(=O)NCCc2cccs2)c1. The highest BCUT2D eigenvalue weighted by atomic mass is 32.1. The third-order valence-corrected chi connectivity index (χ3v) is 5.01. The summed E-state index contributed by atoms with van der Waals surface area (Å²) in [5.74, 6) is 0.530. The van der Waals surface area contributed by atoms with E-state index in [1.54, 1.807) is 29.5 Å². The van der Waals surface area contributed by atoms with Crippen LogP contribution in [0.4, 0.5) is 5.69 Å². The summed E-state index contributed by atoms with van der Waals surface area (Å²) >= 11 is 1.69. The van der Waals surface area contributed by atoms with Gasteiger partial charge in [0, 0.05) is 28.6 Å². The number of nitrogens with one attached hydrogen (secondary N) is 2. The number of benzene rings is 1. The quantitative estimate of drug-likeness (QED) is 0.854. The zero-order valence-corrected chi connectivity index (χ0v) is 13.9. The maximum atomic E-state index is 12.2. The summed E-state index contributed by atoms with van der Waals surface area (Å²) in [6, 6.07) is 11.2. The van der Waals surface area contributed by atoms with Gasteiger partial charge in [-0.3, -0.25) is 9.59 Å². The summed E-state index contributed by atoms with van der Waals surface area (Å²) in [7, 11) is 0. The van der Waals surface area contributed by atoms with E-state index < -0.39 is 0 Å². The molecule has 2 aromatic rings. The molecule has 5 heteroatoms. The molecule has 0 saturated heterocycles. The summed E-state index contributed by atoms with van der Waals surface area (Å²) in [5.41, 5.74) is 1.25. The number of amides is 2. The average molecular weight is 328 g/mol. The standard InChI is InChI=1S/C18H20N2O2S/c1-12-10-16(12)18(22)20-14-5-2-4-13(11-14)17(21)19-8-7-15-6-3-9-23-15/h2-6,9,11-12,16H,7-8,10H2,1H3,(H,19,21)(H,20,22). The van der Waals surface area contributed by atoms with E-state index in [-0.39, 0.29) is 17.7 Å². The lowest BCUT2D eigenvalue weighted by molar-refractivity contribution is -0.117. The molecule has 0 aliphatic heterocycles. The largest absolute Gasteiger partial charge is 0.352 e. The number of hydrogen-bond donors (Lipinski definition) is 2. The number of carbonyl (C=O) groups is 2. The van der Waals surface area contributed by atoms with Crippen molar-refractivity contribution in [3.8, 4) is 0 Å². The Bertz CT molecular complexity index is 697. The summed E-state index contributed by atoms with van der Waals surface area (Å²) in [4.78, 5) is 25.4. The Morgan fingerprint density at radius 2 is 2.09 bits per heavy atom. The van der Waals surface area contributed by atoms with Crippen LogP contribution in [0.3, 0.4) is 0 Å². The fraction of sp³-hybridized carbons (Fsp3) is 0.333. The first-order valence-corrected chi connectivity index (χ1v) is 8.73. The molecule has 23 heavy (non-hydrogen) atoms. The van der Waals surface area contributed by atoms with Crippen molar-refractivity contribution < 1.29 is 9.59 Å². The Morgan fingerprint density at radius 3 is 2.78 bits per heavy atom. The fourth-order valence-electron chi connectivity index (χ4n) is 2.52. The second-order valence-corrected chi connectivity index (χ2v) is 7.01. The fourth-order valence-corrected chi connectivity index (χ4v) is 3.23. The maximum Gasteiger partial charge on any atom is 0.251 e. The van der Waals surface area contributed by atoms with Crippen LogP contribution in [0.25, 0.3) is 0 Å². The molecule has 2 atom stereocenters. The van der Waals surface area contributed by atoms with Gasteiger partial charge in [-0.1, -0.05) is 19.1 Å². The highest BCUT2D eigenvalue weighted by Gasteiger charge is 2.39. The molecule has 4 nitrogen and oxygen atoms in total. The van der Waals surface area contributed by atoms with Crippen LogP contribution < -0.4 is 10.6 Å². The molecule has 0 spiro atoms. The molecule has 3 rings (SSSR count). The minimum atomic E-state index is -0.113. The van der Waals surface area contributed by atoms with E-state index in [9.17, 15) is 9.59 Å². The van der Waals surface area contributed by atoms with Crippen LogP contribution >= 0.6 is 11.3 Å². The molecule has 0 bridgehead atoms. The molecule has 2 N–H and O–H groups in total. The van der Waals surface area contributed by atoms with Crippen molar-refractivity contribution >= 4 is 28.8 Å². The normalized spacial score (nSPS) is 19.2. The van der Waals surface area contributed by atoms with E-state index in [2.05, 4.69) is 23.6 Å². The first-order chi connectivity index (χ1) is 11.1. The van der Waals surface area contributed by atoms with E-state index in [0.29, 0.717) is 23.7 Å². The molecular weight excluding hydrogens is 308 g/mol. The average Bonchev–Trinajstić information content (AvgIpc) is 3.06. The van der Waals surface area contributed by atoms with Crippen molar-refractivity contribution in [3.05, 3.63) is 52.2 Å². The zero-order chi connectivity index (χ0) is 16.2. The number of anilines is 1. The van der Waals surface area contributed by atoms with Gasteiger partial charge in [-0.2, -0.15) is 0 Å². The first-order valence-electron chi connectivity index (χ1n) is 7.85. The van der Waals surface area contributed by atoms with E-state index in [1.165, 1.54) is 4.88 Å². The van der Waals surface area contributed by atoms with Crippen LogP contribution in [-0.2, 0) is 11.2 Å². The summed E-state index contributed by atoms with van der Waals surface area (Å²) in [6.45, 7) is 2.68. The summed E-state index contributed by atoms with van der Waals surface area (Å²) in [6.07, 6.45) is 1.79. The van der Waals surface area contributed by atoms with Crippen LogP contribution in [0.5, 0.6) is 0 Å². The second-order valence-electron chi connectivity index (χ2n) is 5.97. The predicted octanol–water partition coefficient (Wildman–Crippen LogP) is 3.32. The minimum Gasteiger partial charge on any atom is -0.352 e. The van der Waals surface area contributed by atoms with Gasteiger partial charge in [-0.05, 0) is 48.4 Å². The van der Waals surface area contributed by atoms with Crippen LogP contribution in [-0.4, -0.2) is 18.4 Å². The van der Waals surface area contributed by atoms with Crippen molar-refractivity contribution in [2.75, 3.05) is 11.9 Å². The molecular formula is C18H20N2O2S. The third-order valence-electron chi connectivity index (χ3n) is 4.08. The number of rotatable bonds is 6. The van der Waals surface area contributed by atoms with Crippen molar-refractivity contribution in [2.45, 2.75) is 19.8 Å². The van der Waals surface area contributed by atoms with Crippen LogP contribution in [0.2, 0.25) is 0 Å².